The number of benzene rings is 1. The van der Waals surface area contributed by atoms with Gasteiger partial charge in [-0.25, -0.2) is 9.64 Å². The Hall–Kier alpha value is -2.86. The summed E-state index contributed by atoms with van der Waals surface area (Å²) in [7, 11) is 4.11. The van der Waals surface area contributed by atoms with E-state index in [1.807, 2.05) is 48.3 Å². The third-order valence-electron chi connectivity index (χ3n) is 6.16. The molecule has 0 spiro atoms. The number of allylic oxidation sites excluding steroid dienone is 2. The molecule has 0 amide bonds. The lowest BCUT2D eigenvalue weighted by molar-refractivity contribution is -0.359. The molecule has 1 fully saturated rings. The first-order valence-corrected chi connectivity index (χ1v) is 9.91. The number of rotatable bonds is 2. The Bertz CT molecular complexity index is 1050. The molecule has 6 nitrogen and oxygen atoms in total. The van der Waals surface area contributed by atoms with Crippen molar-refractivity contribution < 1.29 is 4.74 Å². The van der Waals surface area contributed by atoms with Crippen LogP contribution in [-0.2, 0) is 7.05 Å². The highest BCUT2D eigenvalue weighted by atomic mass is 16.5. The predicted molar refractivity (Wildman–Crippen MR) is 111 cm³/mol. The fourth-order valence-electron chi connectivity index (χ4n) is 4.42. The third-order valence-corrected chi connectivity index (χ3v) is 6.16. The van der Waals surface area contributed by atoms with Crippen LogP contribution < -0.4 is 0 Å². The van der Waals surface area contributed by atoms with Gasteiger partial charge in [0.2, 0.25) is 0 Å². The second-order valence-corrected chi connectivity index (χ2v) is 7.98. The van der Waals surface area contributed by atoms with Crippen molar-refractivity contribution in [2.45, 2.75) is 12.8 Å². The van der Waals surface area contributed by atoms with Gasteiger partial charge < -0.3 is 10.1 Å². The van der Waals surface area contributed by atoms with Crippen molar-refractivity contribution in [1.82, 2.24) is 19.6 Å². The molecular formula is C22H25N5O. The van der Waals surface area contributed by atoms with Gasteiger partial charge in [0.25, 0.3) is 5.84 Å². The highest BCUT2D eigenvalue weighted by Crippen LogP contribution is 2.30. The van der Waals surface area contributed by atoms with Crippen LogP contribution in [0.15, 0.2) is 54.4 Å². The van der Waals surface area contributed by atoms with Gasteiger partial charge in [0.1, 0.15) is 12.2 Å². The predicted octanol–water partition coefficient (Wildman–Crippen LogP) is 2.93. The molecule has 0 aliphatic carbocycles. The first kappa shape index (κ1) is 17.3. The molecule has 0 unspecified atom stereocenters. The molecule has 0 atom stereocenters. The third kappa shape index (κ3) is 2.85. The van der Waals surface area contributed by atoms with E-state index in [-0.39, 0.29) is 0 Å². The molecule has 4 heterocycles. The Kier molecular flexibility index (Phi) is 4.09. The highest BCUT2D eigenvalue weighted by Gasteiger charge is 2.29. The number of aromatic nitrogens is 2. The number of hydroxylamine groups is 1. The van der Waals surface area contributed by atoms with Crippen LogP contribution in [0.1, 0.15) is 18.4 Å². The van der Waals surface area contributed by atoms with Crippen molar-refractivity contribution in [3.63, 3.8) is 0 Å². The number of hydrogen-bond acceptors (Lipinski definition) is 4. The molecule has 0 bridgehead atoms. The van der Waals surface area contributed by atoms with Crippen LogP contribution in [0.25, 0.3) is 16.6 Å². The Labute approximate surface area is 164 Å². The van der Waals surface area contributed by atoms with Crippen molar-refractivity contribution >= 4 is 22.4 Å². The standard InChI is InChI=1S/C22H25N5O/c1-24-10-7-16(8-11-24)18-4-6-22-26(15-18)12-9-21(27(22)28)17-3-5-20-19(13-17)14-23-25(20)2/h3-6,9,13-16H,7-8,10-12H2,1-2H3. The number of amidine groups is 1. The Morgan fingerprint density at radius 3 is 2.79 bits per heavy atom. The number of likely N-dealkylation sites (tertiary alicyclic amines) is 1. The Morgan fingerprint density at radius 1 is 1.14 bits per heavy atom. The summed E-state index contributed by atoms with van der Waals surface area (Å²) in [5, 5.41) is 18.4. The van der Waals surface area contributed by atoms with Crippen LogP contribution in [0, 0.1) is 11.1 Å². The van der Waals surface area contributed by atoms with Gasteiger partial charge in [-0.15, -0.1) is 0 Å². The number of hydrogen-bond donors (Lipinski definition) is 0. The van der Waals surface area contributed by atoms with Gasteiger partial charge >= 0.3 is 0 Å². The summed E-state index contributed by atoms with van der Waals surface area (Å²) in [6, 6.07) is 6.07. The molecule has 0 radical (unpaired) electrons. The topological polar surface area (TPSA) is 50.4 Å². The van der Waals surface area contributed by atoms with E-state index < -0.39 is 0 Å². The van der Waals surface area contributed by atoms with Crippen LogP contribution in [-0.4, -0.2) is 56.8 Å². The van der Waals surface area contributed by atoms with E-state index in [1.165, 1.54) is 18.4 Å². The van der Waals surface area contributed by atoms with Crippen molar-refractivity contribution in [3.8, 4) is 0 Å². The lowest BCUT2D eigenvalue weighted by Crippen LogP contribution is -2.38. The summed E-state index contributed by atoms with van der Waals surface area (Å²) in [5.41, 5.74) is 4.05. The van der Waals surface area contributed by atoms with E-state index >= 15 is 0 Å². The summed E-state index contributed by atoms with van der Waals surface area (Å²) in [6.07, 6.45) is 12.5. The monoisotopic (exact) mass is 375 g/mol. The largest absolute Gasteiger partial charge is 0.710 e. The Balaban J connectivity index is 1.42. The summed E-state index contributed by atoms with van der Waals surface area (Å²) in [4.78, 5) is 4.46. The first-order valence-electron chi connectivity index (χ1n) is 9.91. The van der Waals surface area contributed by atoms with Gasteiger partial charge in [0.15, 0.2) is 0 Å². The molecule has 3 aliphatic rings. The average molecular weight is 375 g/mol. The maximum atomic E-state index is 13.1. The first-order chi connectivity index (χ1) is 13.6. The second kappa shape index (κ2) is 6.63. The lowest BCUT2D eigenvalue weighted by atomic mass is 9.88. The fourth-order valence-corrected chi connectivity index (χ4v) is 4.42. The molecule has 0 saturated carbocycles. The van der Waals surface area contributed by atoms with Gasteiger partial charge in [-0.2, -0.15) is 5.10 Å². The van der Waals surface area contributed by atoms with Gasteiger partial charge in [-0.3, -0.25) is 4.68 Å². The molecule has 1 saturated heterocycles. The summed E-state index contributed by atoms with van der Waals surface area (Å²) < 4.78 is 2.90. The average Bonchev–Trinajstić information content (AvgIpc) is 3.09. The summed E-state index contributed by atoms with van der Waals surface area (Å²) in [6.45, 7) is 3.00. The van der Waals surface area contributed by atoms with E-state index in [0.717, 1.165) is 40.8 Å². The molecule has 3 aliphatic heterocycles. The lowest BCUT2D eigenvalue weighted by Gasteiger charge is -2.32. The zero-order valence-electron chi connectivity index (χ0n) is 16.4. The van der Waals surface area contributed by atoms with Crippen LogP contribution >= 0.6 is 0 Å². The highest BCUT2D eigenvalue weighted by molar-refractivity contribution is 5.94. The van der Waals surface area contributed by atoms with E-state index in [9.17, 15) is 5.21 Å². The number of piperidine rings is 1. The number of fused-ring (bicyclic) bond motifs is 2. The molecule has 2 aromatic rings. The van der Waals surface area contributed by atoms with Crippen LogP contribution in [0.2, 0.25) is 0 Å². The SMILES string of the molecule is CN1CCC(C2=CN3CC=C(c4ccc5c(cnn5C)c4)[N+]([O-])=C3C=C2)CC1. The maximum absolute atomic E-state index is 13.1. The van der Waals surface area contributed by atoms with Gasteiger partial charge in [-0.1, -0.05) is 0 Å². The maximum Gasteiger partial charge on any atom is 0.285 e. The number of aryl methyl sites for hydroxylation is 1. The molecule has 6 heteroatoms. The minimum Gasteiger partial charge on any atom is -0.710 e. The quantitative estimate of drug-likeness (QED) is 0.598. The minimum absolute atomic E-state index is 0.590. The Morgan fingerprint density at radius 2 is 1.96 bits per heavy atom. The molecule has 5 rings (SSSR count). The molecule has 1 aromatic carbocycles. The van der Waals surface area contributed by atoms with E-state index in [1.54, 1.807) is 0 Å². The van der Waals surface area contributed by atoms with Gasteiger partial charge in [0.05, 0.1) is 17.9 Å². The van der Waals surface area contributed by atoms with Gasteiger partial charge in [0, 0.05) is 30.1 Å². The molecular weight excluding hydrogens is 350 g/mol. The summed E-state index contributed by atoms with van der Waals surface area (Å²) in [5.74, 6) is 1.29. The smallest absolute Gasteiger partial charge is 0.285 e. The van der Waals surface area contributed by atoms with Crippen molar-refractivity contribution in [3.05, 3.63) is 65.2 Å². The zero-order valence-corrected chi connectivity index (χ0v) is 16.4. The van der Waals surface area contributed by atoms with E-state index in [0.29, 0.717) is 17.5 Å². The van der Waals surface area contributed by atoms with Crippen molar-refractivity contribution in [1.29, 1.82) is 0 Å². The molecule has 144 valence electrons. The minimum atomic E-state index is 0.590. The molecule has 0 N–H and O–H groups in total. The molecule has 1 aromatic heterocycles. The van der Waals surface area contributed by atoms with Crippen LogP contribution in [0.3, 0.4) is 0 Å². The van der Waals surface area contributed by atoms with Gasteiger partial charge in [-0.05, 0) is 68.7 Å². The zero-order chi connectivity index (χ0) is 19.3. The number of nitrogens with zero attached hydrogens (tertiary/aromatic N) is 5. The summed E-state index contributed by atoms with van der Waals surface area (Å²) >= 11 is 0. The normalized spacial score (nSPS) is 21.1. The second-order valence-electron chi connectivity index (χ2n) is 7.98. The van der Waals surface area contributed by atoms with E-state index in [4.69, 9.17) is 0 Å². The van der Waals surface area contributed by atoms with Crippen molar-refractivity contribution in [2.75, 3.05) is 26.7 Å². The van der Waals surface area contributed by atoms with Crippen LogP contribution in [0.4, 0.5) is 0 Å². The fraction of sp³-hybridized carbons (Fsp3) is 0.364. The van der Waals surface area contributed by atoms with E-state index in [2.05, 4.69) is 34.2 Å². The van der Waals surface area contributed by atoms with Crippen molar-refractivity contribution in [2.24, 2.45) is 13.0 Å². The van der Waals surface area contributed by atoms with Crippen LogP contribution in [0.5, 0.6) is 0 Å². The molecule has 28 heavy (non-hydrogen) atoms.